The normalized spacial score (nSPS) is 10.2. The lowest BCUT2D eigenvalue weighted by Gasteiger charge is -2.08. The van der Waals surface area contributed by atoms with Crippen LogP contribution in [0.15, 0.2) is 24.4 Å². The van der Waals surface area contributed by atoms with Crippen LogP contribution >= 0.6 is 0 Å². The van der Waals surface area contributed by atoms with Crippen molar-refractivity contribution in [3.63, 3.8) is 0 Å². The van der Waals surface area contributed by atoms with Crippen molar-refractivity contribution >= 4 is 17.4 Å². The molecule has 0 aliphatic carbocycles. The van der Waals surface area contributed by atoms with E-state index in [0.717, 1.165) is 0 Å². The van der Waals surface area contributed by atoms with Gasteiger partial charge in [-0.25, -0.2) is 4.39 Å². The van der Waals surface area contributed by atoms with Crippen LogP contribution in [0.2, 0.25) is 0 Å². The Morgan fingerprint density at radius 1 is 1.58 bits per heavy atom. The van der Waals surface area contributed by atoms with Crippen LogP contribution in [0.1, 0.15) is 17.3 Å². The molecule has 0 aliphatic rings. The van der Waals surface area contributed by atoms with Crippen LogP contribution in [0.25, 0.3) is 0 Å². The number of aromatic amines is 1. The minimum absolute atomic E-state index is 0.142. The summed E-state index contributed by atoms with van der Waals surface area (Å²) in [6, 6.07) is 4.18. The minimum Gasteiger partial charge on any atom is -0.491 e. The first kappa shape index (κ1) is 12.9. The number of carbonyl (C=O) groups excluding carboxylic acids is 1. The topological polar surface area (TPSA) is 93.0 Å². The second-order valence-electron chi connectivity index (χ2n) is 3.73. The lowest BCUT2D eigenvalue weighted by Crippen LogP contribution is -2.13. The monoisotopic (exact) mass is 264 g/mol. The molecule has 1 aromatic carbocycles. The van der Waals surface area contributed by atoms with Gasteiger partial charge in [-0.05, 0) is 19.1 Å². The number of ether oxygens (including phenoxy) is 1. The predicted molar refractivity (Wildman–Crippen MR) is 68.5 cm³/mol. The number of carbonyl (C=O) groups is 1. The van der Waals surface area contributed by atoms with E-state index < -0.39 is 11.7 Å². The summed E-state index contributed by atoms with van der Waals surface area (Å²) < 4.78 is 18.7. The number of amides is 1. The zero-order valence-electron chi connectivity index (χ0n) is 10.2. The fraction of sp³-hybridized carbons (Fsp3) is 0.167. The second-order valence-corrected chi connectivity index (χ2v) is 3.73. The molecule has 19 heavy (non-hydrogen) atoms. The highest BCUT2D eigenvalue weighted by Gasteiger charge is 2.13. The van der Waals surface area contributed by atoms with Crippen molar-refractivity contribution in [2.24, 2.45) is 0 Å². The Morgan fingerprint density at radius 2 is 2.37 bits per heavy atom. The van der Waals surface area contributed by atoms with E-state index in [-0.39, 0.29) is 17.1 Å². The summed E-state index contributed by atoms with van der Waals surface area (Å²) in [7, 11) is 0. The summed E-state index contributed by atoms with van der Waals surface area (Å²) >= 11 is 0. The van der Waals surface area contributed by atoms with E-state index >= 15 is 0 Å². The molecule has 0 spiro atoms. The number of nitrogens with one attached hydrogen (secondary N) is 2. The number of hydrogen-bond acceptors (Lipinski definition) is 4. The highest BCUT2D eigenvalue weighted by Crippen LogP contribution is 2.21. The number of benzene rings is 1. The fourth-order valence-corrected chi connectivity index (χ4v) is 1.53. The molecule has 0 atom stereocenters. The van der Waals surface area contributed by atoms with Gasteiger partial charge in [0.25, 0.3) is 5.91 Å². The predicted octanol–water partition coefficient (Wildman–Crippen LogP) is 1.78. The molecule has 0 saturated heterocycles. The average Bonchev–Trinajstić information content (AvgIpc) is 2.79. The van der Waals surface area contributed by atoms with E-state index in [2.05, 4.69) is 15.5 Å². The van der Waals surface area contributed by atoms with Crippen molar-refractivity contribution in [3.8, 4) is 5.75 Å². The van der Waals surface area contributed by atoms with E-state index in [1.54, 1.807) is 13.0 Å². The van der Waals surface area contributed by atoms with Gasteiger partial charge >= 0.3 is 0 Å². The first-order chi connectivity index (χ1) is 9.11. The van der Waals surface area contributed by atoms with E-state index in [9.17, 15) is 9.18 Å². The quantitative estimate of drug-likeness (QED) is 0.784. The SMILES string of the molecule is CCOc1ccc(NC(=O)c2cn[nH]c2N)cc1F. The molecule has 0 unspecified atom stereocenters. The highest BCUT2D eigenvalue weighted by molar-refractivity contribution is 6.07. The zero-order valence-corrected chi connectivity index (χ0v) is 10.2. The Hall–Kier alpha value is -2.57. The number of halogens is 1. The number of H-pyrrole nitrogens is 1. The van der Waals surface area contributed by atoms with Gasteiger partial charge in [0.05, 0.1) is 12.8 Å². The lowest BCUT2D eigenvalue weighted by atomic mass is 10.2. The Labute approximate surface area is 108 Å². The van der Waals surface area contributed by atoms with Crippen molar-refractivity contribution in [1.29, 1.82) is 0 Å². The Bertz CT molecular complexity index is 597. The molecule has 1 amide bonds. The summed E-state index contributed by atoms with van der Waals surface area (Å²) in [6.45, 7) is 2.13. The van der Waals surface area contributed by atoms with Gasteiger partial charge < -0.3 is 15.8 Å². The number of nitrogens with zero attached hydrogens (tertiary/aromatic N) is 1. The molecule has 6 nitrogen and oxygen atoms in total. The Kier molecular flexibility index (Phi) is 3.65. The smallest absolute Gasteiger partial charge is 0.261 e. The summed E-state index contributed by atoms with van der Waals surface area (Å²) in [5, 5.41) is 8.60. The number of rotatable bonds is 4. The lowest BCUT2D eigenvalue weighted by molar-refractivity contribution is 0.102. The molecule has 2 aromatic rings. The van der Waals surface area contributed by atoms with Gasteiger partial charge in [-0.15, -0.1) is 0 Å². The number of aromatic nitrogens is 2. The molecular weight excluding hydrogens is 251 g/mol. The third-order valence-corrected chi connectivity index (χ3v) is 2.40. The van der Waals surface area contributed by atoms with Crippen LogP contribution in [0.5, 0.6) is 5.75 Å². The molecule has 0 bridgehead atoms. The molecule has 0 radical (unpaired) electrons. The van der Waals surface area contributed by atoms with E-state index in [0.29, 0.717) is 12.3 Å². The minimum atomic E-state index is -0.542. The van der Waals surface area contributed by atoms with Crippen LogP contribution in [0, 0.1) is 5.82 Å². The van der Waals surface area contributed by atoms with Crippen LogP contribution in [0.4, 0.5) is 15.9 Å². The van der Waals surface area contributed by atoms with Gasteiger partial charge in [0.2, 0.25) is 0 Å². The highest BCUT2D eigenvalue weighted by atomic mass is 19.1. The first-order valence-electron chi connectivity index (χ1n) is 5.64. The third kappa shape index (κ3) is 2.82. The van der Waals surface area contributed by atoms with Crippen LogP contribution in [-0.4, -0.2) is 22.7 Å². The number of anilines is 2. The summed E-state index contributed by atoms with van der Waals surface area (Å²) in [6.07, 6.45) is 1.30. The molecular formula is C12H13FN4O2. The van der Waals surface area contributed by atoms with E-state index in [1.807, 2.05) is 0 Å². The van der Waals surface area contributed by atoms with Crippen molar-refractivity contribution in [3.05, 3.63) is 35.8 Å². The van der Waals surface area contributed by atoms with Crippen molar-refractivity contribution in [1.82, 2.24) is 10.2 Å². The molecule has 4 N–H and O–H groups in total. The zero-order chi connectivity index (χ0) is 13.8. The average molecular weight is 264 g/mol. The Morgan fingerprint density at radius 3 is 2.95 bits per heavy atom. The third-order valence-electron chi connectivity index (χ3n) is 2.40. The van der Waals surface area contributed by atoms with E-state index in [4.69, 9.17) is 10.5 Å². The number of nitrogens with two attached hydrogens (primary N) is 1. The van der Waals surface area contributed by atoms with Crippen molar-refractivity contribution in [2.45, 2.75) is 6.92 Å². The van der Waals surface area contributed by atoms with Crippen molar-refractivity contribution in [2.75, 3.05) is 17.7 Å². The molecule has 100 valence electrons. The maximum absolute atomic E-state index is 13.6. The van der Waals surface area contributed by atoms with Gasteiger partial charge in [0.1, 0.15) is 11.4 Å². The van der Waals surface area contributed by atoms with Gasteiger partial charge in [-0.3, -0.25) is 9.89 Å². The largest absolute Gasteiger partial charge is 0.491 e. The molecule has 1 aromatic heterocycles. The maximum atomic E-state index is 13.6. The molecule has 2 rings (SSSR count). The summed E-state index contributed by atoms with van der Waals surface area (Å²) in [5.74, 6) is -0.707. The second kappa shape index (κ2) is 5.38. The maximum Gasteiger partial charge on any atom is 0.261 e. The number of hydrogen-bond donors (Lipinski definition) is 3. The molecule has 1 heterocycles. The first-order valence-corrected chi connectivity index (χ1v) is 5.64. The van der Waals surface area contributed by atoms with Crippen molar-refractivity contribution < 1.29 is 13.9 Å². The molecule has 0 aliphatic heterocycles. The standard InChI is InChI=1S/C12H13FN4O2/c1-2-19-10-4-3-7(5-9(10)13)16-12(18)8-6-15-17-11(8)14/h3-6H,2H2,1H3,(H,16,18)(H3,14,15,17). The van der Waals surface area contributed by atoms with Crippen LogP contribution in [-0.2, 0) is 0 Å². The Balaban J connectivity index is 2.14. The van der Waals surface area contributed by atoms with Crippen LogP contribution in [0.3, 0.4) is 0 Å². The van der Waals surface area contributed by atoms with Gasteiger partial charge in [-0.2, -0.15) is 5.10 Å². The van der Waals surface area contributed by atoms with Crippen LogP contribution < -0.4 is 15.8 Å². The number of nitrogen functional groups attached to an aromatic ring is 1. The van der Waals surface area contributed by atoms with Gasteiger partial charge in [-0.1, -0.05) is 0 Å². The van der Waals surface area contributed by atoms with E-state index in [1.165, 1.54) is 18.3 Å². The molecule has 7 heteroatoms. The van der Waals surface area contributed by atoms with Gasteiger partial charge in [0, 0.05) is 11.8 Å². The van der Waals surface area contributed by atoms with Gasteiger partial charge in [0.15, 0.2) is 11.6 Å². The molecule has 0 fully saturated rings. The summed E-state index contributed by atoms with van der Waals surface area (Å²) in [4.78, 5) is 11.8. The summed E-state index contributed by atoms with van der Waals surface area (Å²) in [5.41, 5.74) is 6.03. The molecule has 0 saturated carbocycles. The fourth-order valence-electron chi connectivity index (χ4n) is 1.53.